The van der Waals surface area contributed by atoms with Crippen LogP contribution in [0.1, 0.15) is 11.7 Å². The van der Waals surface area contributed by atoms with E-state index < -0.39 is 15.9 Å². The molecule has 1 aliphatic rings. The van der Waals surface area contributed by atoms with Crippen LogP contribution in [-0.4, -0.2) is 74.6 Å². The van der Waals surface area contributed by atoms with Crippen LogP contribution in [0.4, 0.5) is 0 Å². The van der Waals surface area contributed by atoms with Gasteiger partial charge in [0, 0.05) is 50.5 Å². The second kappa shape index (κ2) is 7.75. The maximum Gasteiger partial charge on any atom is 0.148 e. The van der Waals surface area contributed by atoms with Gasteiger partial charge in [-0.1, -0.05) is 23.7 Å². The minimum Gasteiger partial charge on any atom is -0.387 e. The summed E-state index contributed by atoms with van der Waals surface area (Å²) in [5, 5.41) is 10.9. The van der Waals surface area contributed by atoms with Crippen molar-refractivity contribution >= 4 is 21.4 Å². The van der Waals surface area contributed by atoms with E-state index in [1.54, 1.807) is 12.1 Å². The number of aliphatic hydroxyl groups is 1. The number of hydrogen-bond acceptors (Lipinski definition) is 5. The molecular formula is C15H23ClN2O3S. The fourth-order valence-corrected chi connectivity index (χ4v) is 3.34. The molecule has 22 heavy (non-hydrogen) atoms. The predicted octanol–water partition coefficient (Wildman–Crippen LogP) is 1.04. The second-order valence-electron chi connectivity index (χ2n) is 5.84. The van der Waals surface area contributed by atoms with E-state index in [0.717, 1.165) is 31.7 Å². The Kier molecular flexibility index (Phi) is 6.23. The zero-order valence-electron chi connectivity index (χ0n) is 12.8. The Morgan fingerprint density at radius 1 is 1.23 bits per heavy atom. The number of piperazine rings is 1. The van der Waals surface area contributed by atoms with E-state index in [0.29, 0.717) is 18.1 Å². The molecule has 1 aromatic carbocycles. The van der Waals surface area contributed by atoms with Crippen molar-refractivity contribution in [3.05, 3.63) is 34.9 Å². The van der Waals surface area contributed by atoms with Crippen LogP contribution < -0.4 is 0 Å². The molecule has 1 aliphatic heterocycles. The Hall–Kier alpha value is -0.660. The first-order valence-corrected chi connectivity index (χ1v) is 9.83. The van der Waals surface area contributed by atoms with Crippen LogP contribution in [0.5, 0.6) is 0 Å². The van der Waals surface area contributed by atoms with Crippen LogP contribution in [-0.2, 0) is 9.84 Å². The van der Waals surface area contributed by atoms with Gasteiger partial charge in [0.15, 0.2) is 0 Å². The molecule has 7 heteroatoms. The average Bonchev–Trinajstić information content (AvgIpc) is 2.46. The lowest BCUT2D eigenvalue weighted by Crippen LogP contribution is -2.48. The quantitative estimate of drug-likeness (QED) is 0.834. The SMILES string of the molecule is CS(=O)(=O)CCN1CCN(CC(O)c2cccc(Cl)c2)CC1. The number of hydrogen-bond donors (Lipinski definition) is 1. The van der Waals surface area contributed by atoms with Crippen molar-refractivity contribution < 1.29 is 13.5 Å². The molecule has 0 spiro atoms. The molecule has 0 saturated carbocycles. The van der Waals surface area contributed by atoms with E-state index in [4.69, 9.17) is 11.6 Å². The average molecular weight is 347 g/mol. The van der Waals surface area contributed by atoms with Crippen molar-refractivity contribution in [2.45, 2.75) is 6.10 Å². The van der Waals surface area contributed by atoms with Gasteiger partial charge in [-0.3, -0.25) is 9.80 Å². The number of sulfone groups is 1. The second-order valence-corrected chi connectivity index (χ2v) is 8.54. The Morgan fingerprint density at radius 3 is 2.45 bits per heavy atom. The summed E-state index contributed by atoms with van der Waals surface area (Å²) >= 11 is 5.94. The third kappa shape index (κ3) is 5.85. The maximum absolute atomic E-state index is 11.2. The molecule has 1 aromatic rings. The monoisotopic (exact) mass is 346 g/mol. The number of β-amino-alcohol motifs (C(OH)–C–C–N with tert-alkyl or cyclic N) is 1. The van der Waals surface area contributed by atoms with Crippen LogP contribution in [0.25, 0.3) is 0 Å². The summed E-state index contributed by atoms with van der Waals surface area (Å²) in [7, 11) is -2.90. The van der Waals surface area contributed by atoms with Crippen LogP contribution in [0, 0.1) is 0 Å². The fraction of sp³-hybridized carbons (Fsp3) is 0.600. The molecule has 1 saturated heterocycles. The summed E-state index contributed by atoms with van der Waals surface area (Å²) in [5.41, 5.74) is 0.826. The van der Waals surface area contributed by atoms with Gasteiger partial charge in [0.2, 0.25) is 0 Å². The number of benzene rings is 1. The number of nitrogens with zero attached hydrogens (tertiary/aromatic N) is 2. The van der Waals surface area contributed by atoms with E-state index in [-0.39, 0.29) is 5.75 Å². The van der Waals surface area contributed by atoms with Gasteiger partial charge in [-0.15, -0.1) is 0 Å². The Balaban J connectivity index is 1.77. The van der Waals surface area contributed by atoms with E-state index >= 15 is 0 Å². The van der Waals surface area contributed by atoms with E-state index in [1.807, 2.05) is 12.1 Å². The normalized spacial score (nSPS) is 19.2. The van der Waals surface area contributed by atoms with Crippen LogP contribution in [0.3, 0.4) is 0 Å². The molecule has 2 rings (SSSR count). The molecule has 1 fully saturated rings. The van der Waals surface area contributed by atoms with Crippen molar-refractivity contribution in [3.8, 4) is 0 Å². The van der Waals surface area contributed by atoms with Gasteiger partial charge >= 0.3 is 0 Å². The molecule has 0 radical (unpaired) electrons. The number of aliphatic hydroxyl groups excluding tert-OH is 1. The smallest absolute Gasteiger partial charge is 0.148 e. The lowest BCUT2D eigenvalue weighted by Gasteiger charge is -2.35. The highest BCUT2D eigenvalue weighted by Gasteiger charge is 2.20. The first kappa shape index (κ1) is 17.7. The minimum absolute atomic E-state index is 0.206. The summed E-state index contributed by atoms with van der Waals surface area (Å²) < 4.78 is 22.4. The summed E-state index contributed by atoms with van der Waals surface area (Å²) in [6.45, 7) is 4.49. The molecule has 0 aliphatic carbocycles. The van der Waals surface area contributed by atoms with Crippen LogP contribution in [0.15, 0.2) is 24.3 Å². The Bertz CT molecular complexity index is 586. The van der Waals surface area contributed by atoms with Gasteiger partial charge in [0.1, 0.15) is 9.84 Å². The molecule has 1 atom stereocenters. The third-order valence-corrected chi connectivity index (χ3v) is 5.07. The summed E-state index contributed by atoms with van der Waals surface area (Å²) in [4.78, 5) is 4.35. The third-order valence-electron chi connectivity index (χ3n) is 3.91. The van der Waals surface area contributed by atoms with Gasteiger partial charge < -0.3 is 5.11 Å². The van der Waals surface area contributed by atoms with Gasteiger partial charge in [0.25, 0.3) is 0 Å². The summed E-state index contributed by atoms with van der Waals surface area (Å²) in [6.07, 6.45) is 0.714. The molecular weight excluding hydrogens is 324 g/mol. The maximum atomic E-state index is 11.2. The first-order valence-electron chi connectivity index (χ1n) is 7.39. The highest BCUT2D eigenvalue weighted by Crippen LogP contribution is 2.19. The largest absolute Gasteiger partial charge is 0.387 e. The van der Waals surface area contributed by atoms with Gasteiger partial charge in [-0.05, 0) is 17.7 Å². The van der Waals surface area contributed by atoms with Crippen molar-refractivity contribution in [2.24, 2.45) is 0 Å². The van der Waals surface area contributed by atoms with Crippen LogP contribution >= 0.6 is 11.6 Å². The molecule has 0 aromatic heterocycles. The van der Waals surface area contributed by atoms with Crippen molar-refractivity contribution in [1.29, 1.82) is 0 Å². The summed E-state index contributed by atoms with van der Waals surface area (Å²) in [6, 6.07) is 7.29. The highest BCUT2D eigenvalue weighted by molar-refractivity contribution is 7.90. The topological polar surface area (TPSA) is 60.9 Å². The van der Waals surface area contributed by atoms with Crippen molar-refractivity contribution in [3.63, 3.8) is 0 Å². The predicted molar refractivity (Wildman–Crippen MR) is 89.0 cm³/mol. The molecule has 5 nitrogen and oxygen atoms in total. The van der Waals surface area contributed by atoms with E-state index in [1.165, 1.54) is 6.26 Å². The number of rotatable bonds is 6. The highest BCUT2D eigenvalue weighted by atomic mass is 35.5. The first-order chi connectivity index (χ1) is 10.3. The Labute approximate surface area is 137 Å². The molecule has 1 unspecified atom stereocenters. The van der Waals surface area contributed by atoms with Crippen molar-refractivity contribution in [1.82, 2.24) is 9.80 Å². The standard InChI is InChI=1S/C15H23ClN2O3S/c1-22(20,21)10-9-17-5-7-18(8-6-17)12-15(19)13-3-2-4-14(16)11-13/h2-4,11,15,19H,5-10,12H2,1H3. The Morgan fingerprint density at radius 2 is 1.86 bits per heavy atom. The molecule has 124 valence electrons. The minimum atomic E-state index is -2.90. The fourth-order valence-electron chi connectivity index (χ4n) is 2.55. The lowest BCUT2D eigenvalue weighted by molar-refractivity contribution is 0.0746. The zero-order chi connectivity index (χ0) is 16.2. The van der Waals surface area contributed by atoms with Gasteiger partial charge in [0.05, 0.1) is 11.9 Å². The van der Waals surface area contributed by atoms with Gasteiger partial charge in [-0.25, -0.2) is 8.42 Å². The van der Waals surface area contributed by atoms with Gasteiger partial charge in [-0.2, -0.15) is 0 Å². The molecule has 1 N–H and O–H groups in total. The van der Waals surface area contributed by atoms with E-state index in [2.05, 4.69) is 9.80 Å². The number of halogens is 1. The molecule has 1 heterocycles. The summed E-state index contributed by atoms with van der Waals surface area (Å²) in [5.74, 6) is 0.206. The molecule has 0 amide bonds. The zero-order valence-corrected chi connectivity index (χ0v) is 14.4. The van der Waals surface area contributed by atoms with Crippen molar-refractivity contribution in [2.75, 3.05) is 51.3 Å². The van der Waals surface area contributed by atoms with Crippen LogP contribution in [0.2, 0.25) is 5.02 Å². The van der Waals surface area contributed by atoms with E-state index in [9.17, 15) is 13.5 Å². The lowest BCUT2D eigenvalue weighted by atomic mass is 10.1. The molecule has 0 bridgehead atoms.